The van der Waals surface area contributed by atoms with E-state index in [1.165, 1.54) is 0 Å². The average molecular weight is 267 g/mol. The normalized spacial score (nSPS) is 15.0. The number of rotatable bonds is 6. The number of amidine groups is 1. The Morgan fingerprint density at radius 2 is 2.37 bits per heavy atom. The first-order chi connectivity index (χ1) is 8.95. The van der Waals surface area contributed by atoms with Crippen LogP contribution in [0.25, 0.3) is 0 Å². The van der Waals surface area contributed by atoms with Gasteiger partial charge in [-0.15, -0.1) is 0 Å². The summed E-state index contributed by atoms with van der Waals surface area (Å²) in [7, 11) is 1.85. The van der Waals surface area contributed by atoms with Crippen molar-refractivity contribution >= 4 is 11.7 Å². The predicted octanol–water partition coefficient (Wildman–Crippen LogP) is 0.242. The van der Waals surface area contributed by atoms with E-state index >= 15 is 0 Å². The largest absolute Gasteiger partial charge is 0.409 e. The number of nitrogens with one attached hydrogen (secondary N) is 1. The molecule has 0 spiro atoms. The molecule has 1 aromatic heterocycles. The molecule has 0 saturated carbocycles. The van der Waals surface area contributed by atoms with Crippen LogP contribution in [-0.4, -0.2) is 33.3 Å². The fourth-order valence-electron chi connectivity index (χ4n) is 1.71. The molecule has 4 N–H and O–H groups in total. The first-order valence-corrected chi connectivity index (χ1v) is 6.19. The van der Waals surface area contributed by atoms with Gasteiger partial charge in [-0.25, -0.2) is 0 Å². The highest BCUT2D eigenvalue weighted by molar-refractivity contribution is 6.06. The first-order valence-electron chi connectivity index (χ1n) is 6.19. The number of carbonyl (C=O) groups excluding carboxylic acids is 1. The van der Waals surface area contributed by atoms with Crippen molar-refractivity contribution in [2.75, 3.05) is 6.54 Å². The van der Waals surface area contributed by atoms with Gasteiger partial charge in [-0.3, -0.25) is 9.48 Å². The molecular formula is C12H21N5O2. The Morgan fingerprint density at radius 3 is 2.84 bits per heavy atom. The molecule has 1 atom stereocenters. The summed E-state index contributed by atoms with van der Waals surface area (Å²) in [5.41, 5.74) is 5.62. The summed E-state index contributed by atoms with van der Waals surface area (Å²) in [6, 6.07) is 1.90. The lowest BCUT2D eigenvalue weighted by atomic mass is 9.85. The van der Waals surface area contributed by atoms with E-state index in [2.05, 4.69) is 15.6 Å². The monoisotopic (exact) mass is 267 g/mol. The van der Waals surface area contributed by atoms with Gasteiger partial charge in [-0.1, -0.05) is 12.1 Å². The molecule has 106 valence electrons. The molecule has 7 nitrogen and oxygen atoms in total. The number of nitrogens with two attached hydrogens (primary N) is 1. The van der Waals surface area contributed by atoms with E-state index in [9.17, 15) is 4.79 Å². The van der Waals surface area contributed by atoms with Crippen molar-refractivity contribution < 1.29 is 10.0 Å². The summed E-state index contributed by atoms with van der Waals surface area (Å²) in [4.78, 5) is 12.1. The highest BCUT2D eigenvalue weighted by Crippen LogP contribution is 2.21. The summed E-state index contributed by atoms with van der Waals surface area (Å²) in [6.07, 6.45) is 2.85. The Morgan fingerprint density at radius 1 is 1.68 bits per heavy atom. The number of hydrogen-bond donors (Lipinski definition) is 3. The van der Waals surface area contributed by atoms with Crippen molar-refractivity contribution in [2.24, 2.45) is 23.4 Å². The topological polar surface area (TPSA) is 106 Å². The van der Waals surface area contributed by atoms with Crippen molar-refractivity contribution in [3.63, 3.8) is 0 Å². The maximum atomic E-state index is 12.1. The quantitative estimate of drug-likeness (QED) is 0.297. The Hall–Kier alpha value is -2.05. The molecule has 0 saturated heterocycles. The van der Waals surface area contributed by atoms with E-state index in [0.717, 1.165) is 5.69 Å². The second-order valence-corrected chi connectivity index (χ2v) is 4.62. The fourth-order valence-corrected chi connectivity index (χ4v) is 1.71. The Balaban J connectivity index is 2.57. The second-order valence-electron chi connectivity index (χ2n) is 4.62. The van der Waals surface area contributed by atoms with Gasteiger partial charge in [0.1, 0.15) is 5.41 Å². The van der Waals surface area contributed by atoms with E-state index in [4.69, 9.17) is 10.9 Å². The molecule has 0 aliphatic carbocycles. The number of amides is 1. The van der Waals surface area contributed by atoms with Gasteiger partial charge in [0.05, 0.1) is 0 Å². The number of aromatic nitrogens is 2. The molecule has 1 rings (SSSR count). The van der Waals surface area contributed by atoms with Gasteiger partial charge in [0.15, 0.2) is 5.84 Å². The van der Waals surface area contributed by atoms with Crippen LogP contribution in [0.3, 0.4) is 0 Å². The minimum atomic E-state index is -0.985. The maximum absolute atomic E-state index is 12.1. The van der Waals surface area contributed by atoms with Gasteiger partial charge in [-0.2, -0.15) is 5.10 Å². The van der Waals surface area contributed by atoms with E-state index in [1.807, 2.05) is 20.0 Å². The van der Waals surface area contributed by atoms with Crippen LogP contribution in [0.2, 0.25) is 0 Å². The van der Waals surface area contributed by atoms with Gasteiger partial charge in [0.25, 0.3) is 0 Å². The van der Waals surface area contributed by atoms with Gasteiger partial charge in [0, 0.05) is 31.9 Å². The van der Waals surface area contributed by atoms with Crippen LogP contribution in [0.15, 0.2) is 17.4 Å². The van der Waals surface area contributed by atoms with Crippen molar-refractivity contribution in [3.05, 3.63) is 18.0 Å². The molecular weight excluding hydrogens is 246 g/mol. The molecule has 0 aliphatic heterocycles. The second kappa shape index (κ2) is 6.21. The third-order valence-corrected chi connectivity index (χ3v) is 3.47. The van der Waals surface area contributed by atoms with E-state index in [1.54, 1.807) is 17.8 Å². The van der Waals surface area contributed by atoms with Crippen LogP contribution in [0.1, 0.15) is 26.0 Å². The minimum Gasteiger partial charge on any atom is -0.409 e. The van der Waals surface area contributed by atoms with E-state index in [0.29, 0.717) is 19.4 Å². The van der Waals surface area contributed by atoms with Gasteiger partial charge in [-0.05, 0) is 19.4 Å². The van der Waals surface area contributed by atoms with Crippen LogP contribution >= 0.6 is 0 Å². The molecule has 1 unspecified atom stereocenters. The molecule has 1 amide bonds. The van der Waals surface area contributed by atoms with Gasteiger partial charge in [0.2, 0.25) is 5.91 Å². The SMILES string of the molecule is CCC(C)(C(=O)NCCc1ccnn1C)C(N)=NO. The summed E-state index contributed by atoms with van der Waals surface area (Å²) in [5.74, 6) is -0.319. The van der Waals surface area contributed by atoms with Crippen molar-refractivity contribution in [1.29, 1.82) is 0 Å². The Bertz CT molecular complexity index is 468. The van der Waals surface area contributed by atoms with Crippen LogP contribution in [0.5, 0.6) is 0 Å². The zero-order chi connectivity index (χ0) is 14.5. The third-order valence-electron chi connectivity index (χ3n) is 3.47. The summed E-state index contributed by atoms with van der Waals surface area (Å²) in [5, 5.41) is 18.5. The summed E-state index contributed by atoms with van der Waals surface area (Å²) in [6.45, 7) is 3.95. The van der Waals surface area contributed by atoms with Crippen LogP contribution in [-0.2, 0) is 18.3 Å². The molecule has 19 heavy (non-hydrogen) atoms. The zero-order valence-corrected chi connectivity index (χ0v) is 11.6. The highest BCUT2D eigenvalue weighted by atomic mass is 16.4. The smallest absolute Gasteiger partial charge is 0.233 e. The summed E-state index contributed by atoms with van der Waals surface area (Å²) >= 11 is 0. The van der Waals surface area contributed by atoms with Gasteiger partial charge < -0.3 is 16.3 Å². The predicted molar refractivity (Wildman–Crippen MR) is 71.7 cm³/mol. The van der Waals surface area contributed by atoms with Crippen LogP contribution in [0.4, 0.5) is 0 Å². The van der Waals surface area contributed by atoms with Crippen molar-refractivity contribution in [3.8, 4) is 0 Å². The molecule has 0 fully saturated rings. The molecule has 7 heteroatoms. The van der Waals surface area contributed by atoms with Crippen LogP contribution < -0.4 is 11.1 Å². The lowest BCUT2D eigenvalue weighted by Crippen LogP contribution is -2.48. The molecule has 0 bridgehead atoms. The van der Waals surface area contributed by atoms with E-state index in [-0.39, 0.29) is 11.7 Å². The highest BCUT2D eigenvalue weighted by Gasteiger charge is 2.36. The number of oxime groups is 1. The molecule has 0 aliphatic rings. The number of aryl methyl sites for hydroxylation is 1. The number of hydrogen-bond acceptors (Lipinski definition) is 4. The van der Waals surface area contributed by atoms with Gasteiger partial charge >= 0.3 is 0 Å². The van der Waals surface area contributed by atoms with E-state index < -0.39 is 5.41 Å². The van der Waals surface area contributed by atoms with Crippen molar-refractivity contribution in [2.45, 2.75) is 26.7 Å². The molecule has 1 heterocycles. The molecule has 0 aromatic carbocycles. The minimum absolute atomic E-state index is 0.0759. The third kappa shape index (κ3) is 3.24. The molecule has 0 radical (unpaired) electrons. The Labute approximate surface area is 112 Å². The number of carbonyl (C=O) groups is 1. The molecule has 1 aromatic rings. The Kier molecular flexibility index (Phi) is 4.91. The maximum Gasteiger partial charge on any atom is 0.233 e. The van der Waals surface area contributed by atoms with Crippen molar-refractivity contribution in [1.82, 2.24) is 15.1 Å². The zero-order valence-electron chi connectivity index (χ0n) is 11.6. The standard InChI is InChI=1S/C12H21N5O2/c1-4-12(2,10(13)16-19)11(18)14-7-5-9-6-8-15-17(9)3/h6,8,19H,4-5,7H2,1-3H3,(H2,13,16)(H,14,18). The first kappa shape index (κ1) is 15.0. The van der Waals surface area contributed by atoms with Crippen LogP contribution in [0, 0.1) is 5.41 Å². The fraction of sp³-hybridized carbons (Fsp3) is 0.583. The lowest BCUT2D eigenvalue weighted by Gasteiger charge is -2.25. The summed E-state index contributed by atoms with van der Waals surface area (Å²) < 4.78 is 1.76. The average Bonchev–Trinajstić information content (AvgIpc) is 2.82. The number of nitrogens with zero attached hydrogens (tertiary/aromatic N) is 3. The lowest BCUT2D eigenvalue weighted by molar-refractivity contribution is -0.127.